The molecule has 0 atom stereocenters. The number of nitrogens with two attached hydrogens (primary N) is 2. The Morgan fingerprint density at radius 1 is 0.761 bits per heavy atom. The van der Waals surface area contributed by atoms with Crippen molar-refractivity contribution in [2.45, 2.75) is 38.9 Å². The van der Waals surface area contributed by atoms with E-state index in [1.54, 1.807) is 48.7 Å². The highest BCUT2D eigenvalue weighted by atomic mass is 127. The minimum absolute atomic E-state index is 0.239. The smallest absolute Gasteiger partial charge is 0.398 e. The molecule has 0 unspecified atom stereocenters. The Morgan fingerprint density at radius 3 is 1.80 bits per heavy atom. The first-order chi connectivity index (χ1) is 21.6. The molecule has 1 fully saturated rings. The molecule has 1 aliphatic rings. The van der Waals surface area contributed by atoms with E-state index in [0.29, 0.717) is 38.0 Å². The first kappa shape index (κ1) is 33.9. The van der Waals surface area contributed by atoms with Crippen molar-refractivity contribution >= 4 is 91.7 Å². The molecule has 6 N–H and O–H groups in total. The van der Waals surface area contributed by atoms with Gasteiger partial charge in [-0.1, -0.05) is 35.3 Å². The number of aromatic amines is 2. The number of rotatable bonds is 2. The molecule has 0 spiro atoms. The number of nitrogens with one attached hydrogen (secondary N) is 2. The summed E-state index contributed by atoms with van der Waals surface area (Å²) in [4.78, 5) is 13.9. The lowest BCUT2D eigenvalue weighted by molar-refractivity contribution is 0.00578. The maximum Gasteiger partial charge on any atom is 0.512 e. The molecule has 6 aromatic rings. The van der Waals surface area contributed by atoms with Crippen molar-refractivity contribution in [2.24, 2.45) is 0 Å². The van der Waals surface area contributed by atoms with Crippen LogP contribution in [0.4, 0.5) is 20.2 Å². The van der Waals surface area contributed by atoms with Gasteiger partial charge in [0.2, 0.25) is 0 Å². The maximum absolute atomic E-state index is 13.7. The van der Waals surface area contributed by atoms with Crippen LogP contribution >= 0.6 is 45.8 Å². The van der Waals surface area contributed by atoms with Crippen LogP contribution in [0.25, 0.3) is 33.1 Å². The predicted molar refractivity (Wildman–Crippen MR) is 191 cm³/mol. The third-order valence-electron chi connectivity index (χ3n) is 7.79. The molecule has 0 bridgehead atoms. The molecule has 1 saturated heterocycles. The molecule has 1 aliphatic heterocycles. The Hall–Kier alpha value is -3.43. The van der Waals surface area contributed by atoms with Gasteiger partial charge in [0.1, 0.15) is 21.9 Å². The van der Waals surface area contributed by atoms with Gasteiger partial charge >= 0.3 is 7.12 Å². The molecule has 14 heteroatoms. The zero-order valence-electron chi connectivity index (χ0n) is 25.3. The van der Waals surface area contributed by atoms with Crippen LogP contribution in [0.1, 0.15) is 27.7 Å². The van der Waals surface area contributed by atoms with Crippen LogP contribution in [-0.4, -0.2) is 38.3 Å². The number of benzene rings is 2. The summed E-state index contributed by atoms with van der Waals surface area (Å²) in [5.41, 5.74) is 15.3. The number of aromatic nitrogens is 4. The summed E-state index contributed by atoms with van der Waals surface area (Å²) in [5, 5.41) is 1.92. The number of nitrogen functional groups attached to an aromatic ring is 2. The molecule has 0 radical (unpaired) electrons. The van der Waals surface area contributed by atoms with E-state index in [-0.39, 0.29) is 11.6 Å². The largest absolute Gasteiger partial charge is 0.512 e. The van der Waals surface area contributed by atoms with Crippen LogP contribution in [0.2, 0.25) is 10.3 Å². The van der Waals surface area contributed by atoms with Crippen molar-refractivity contribution in [1.29, 1.82) is 0 Å². The molecule has 8 nitrogen and oxygen atoms in total. The molecule has 0 amide bonds. The lowest BCUT2D eigenvalue weighted by Crippen LogP contribution is -2.41. The zero-order valence-corrected chi connectivity index (χ0v) is 28.9. The summed E-state index contributed by atoms with van der Waals surface area (Å²) < 4.78 is 40.1. The summed E-state index contributed by atoms with van der Waals surface area (Å²) in [7, 11) is -0.489. The van der Waals surface area contributed by atoms with E-state index < -0.39 is 18.3 Å². The van der Waals surface area contributed by atoms with Crippen molar-refractivity contribution in [3.8, 4) is 11.3 Å². The van der Waals surface area contributed by atoms with Crippen LogP contribution in [0.15, 0.2) is 73.1 Å². The van der Waals surface area contributed by atoms with Crippen LogP contribution in [0, 0.1) is 15.2 Å². The normalized spacial score (nSPS) is 14.9. The lowest BCUT2D eigenvalue weighted by Gasteiger charge is -2.32. The second-order valence-electron chi connectivity index (χ2n) is 11.5. The third-order valence-corrected chi connectivity index (χ3v) is 9.14. The SMILES string of the molecule is CC1(C)OB(c2cc3c(F)cccc3[nH]2)OC1(C)C.Nc1cnc(Cl)cc1-c1cc2c(F)cccc2[nH]1.Nc1cnc(Cl)cc1I. The number of anilines is 2. The molecule has 2 aromatic carbocycles. The minimum atomic E-state index is -0.489. The minimum Gasteiger partial charge on any atom is -0.398 e. The van der Waals surface area contributed by atoms with Crippen molar-refractivity contribution in [3.05, 3.63) is 98.6 Å². The highest BCUT2D eigenvalue weighted by molar-refractivity contribution is 14.1. The summed E-state index contributed by atoms with van der Waals surface area (Å²) in [6.07, 6.45) is 3.03. The van der Waals surface area contributed by atoms with Crippen LogP contribution < -0.4 is 17.1 Å². The second-order valence-corrected chi connectivity index (χ2v) is 13.5. The van der Waals surface area contributed by atoms with E-state index in [9.17, 15) is 8.78 Å². The van der Waals surface area contributed by atoms with Crippen molar-refractivity contribution in [2.75, 3.05) is 11.5 Å². The summed E-state index contributed by atoms with van der Waals surface area (Å²) >= 11 is 13.5. The molecule has 46 heavy (non-hydrogen) atoms. The highest BCUT2D eigenvalue weighted by Crippen LogP contribution is 2.36. The number of halogens is 5. The molecular formula is C32H30BCl2F2IN6O2. The van der Waals surface area contributed by atoms with Gasteiger partial charge in [-0.3, -0.25) is 0 Å². The van der Waals surface area contributed by atoms with Gasteiger partial charge in [0.15, 0.2) is 0 Å². The number of hydrogen-bond donors (Lipinski definition) is 4. The molecule has 238 valence electrons. The average Bonchev–Trinajstić information content (AvgIpc) is 3.68. The monoisotopic (exact) mass is 776 g/mol. The molecule has 4 aromatic heterocycles. The van der Waals surface area contributed by atoms with Gasteiger partial charge in [-0.15, -0.1) is 0 Å². The first-order valence-electron chi connectivity index (χ1n) is 14.0. The number of H-pyrrole nitrogens is 2. The molecule has 0 saturated carbocycles. The highest BCUT2D eigenvalue weighted by Gasteiger charge is 2.52. The number of pyridine rings is 2. The van der Waals surface area contributed by atoms with Crippen LogP contribution in [-0.2, 0) is 9.31 Å². The Labute approximate surface area is 288 Å². The van der Waals surface area contributed by atoms with E-state index in [1.807, 2.05) is 33.8 Å². The van der Waals surface area contributed by atoms with Gasteiger partial charge in [-0.25, -0.2) is 18.7 Å². The average molecular weight is 777 g/mol. The van der Waals surface area contributed by atoms with E-state index in [0.717, 1.165) is 25.9 Å². The molecule has 0 aliphatic carbocycles. The zero-order chi connectivity index (χ0) is 33.4. The van der Waals surface area contributed by atoms with E-state index >= 15 is 0 Å². The fourth-order valence-corrected chi connectivity index (χ4v) is 5.53. The van der Waals surface area contributed by atoms with Gasteiger partial charge in [-0.05, 0) is 98.8 Å². The Bertz CT molecular complexity index is 2020. The summed E-state index contributed by atoms with van der Waals surface area (Å²) in [5.74, 6) is -0.509. The number of hydrogen-bond acceptors (Lipinski definition) is 6. The second kappa shape index (κ2) is 13.4. The van der Waals surface area contributed by atoms with Crippen LogP contribution in [0.3, 0.4) is 0 Å². The fourth-order valence-electron chi connectivity index (χ4n) is 4.59. The van der Waals surface area contributed by atoms with Crippen molar-refractivity contribution in [1.82, 2.24) is 19.9 Å². The Balaban J connectivity index is 0.000000145. The standard InChI is InChI=1S/C14H17BFNO2.C13H9ClFN3.C5H4ClIN2/c1-13(2)14(3,4)19-15(18-13)12-8-9-10(16)6-5-7-11(9)17-12;14-13-5-8(10(16)6-17-13)12-4-7-9(15)2-1-3-11(7)18-12;6-5-1-3(7)4(8)2-9-5/h5-8,17H,1-4H3;1-6,18H,16H2;1-2H,8H2. The summed E-state index contributed by atoms with van der Waals surface area (Å²) in [6, 6.07) is 16.7. The Kier molecular flexibility index (Phi) is 9.85. The van der Waals surface area contributed by atoms with Crippen molar-refractivity contribution in [3.63, 3.8) is 0 Å². The first-order valence-corrected chi connectivity index (χ1v) is 15.9. The third kappa shape index (κ3) is 7.26. The Morgan fingerprint density at radius 2 is 1.28 bits per heavy atom. The van der Waals surface area contributed by atoms with Gasteiger partial charge < -0.3 is 30.7 Å². The number of nitrogens with zero attached hydrogens (tertiary/aromatic N) is 2. The molecule has 7 rings (SSSR count). The van der Waals surface area contributed by atoms with E-state index in [2.05, 4.69) is 42.5 Å². The van der Waals surface area contributed by atoms with Crippen molar-refractivity contribution < 1.29 is 18.1 Å². The van der Waals surface area contributed by atoms with Gasteiger partial charge in [0.05, 0.1) is 35.0 Å². The van der Waals surface area contributed by atoms with Gasteiger partial charge in [0.25, 0.3) is 0 Å². The lowest BCUT2D eigenvalue weighted by atomic mass is 9.85. The quantitative estimate of drug-likeness (QED) is 0.0799. The number of fused-ring (bicyclic) bond motifs is 2. The van der Waals surface area contributed by atoms with Gasteiger partial charge in [0, 0.05) is 42.2 Å². The topological polar surface area (TPSA) is 128 Å². The fraction of sp³-hybridized carbons (Fsp3) is 0.188. The predicted octanol–water partition coefficient (Wildman–Crippen LogP) is 8.13. The van der Waals surface area contributed by atoms with Crippen LogP contribution in [0.5, 0.6) is 0 Å². The maximum atomic E-state index is 13.7. The van der Waals surface area contributed by atoms with E-state index in [4.69, 9.17) is 44.0 Å². The molecule has 5 heterocycles. The molecular weight excluding hydrogens is 747 g/mol. The van der Waals surface area contributed by atoms with Gasteiger partial charge in [-0.2, -0.15) is 0 Å². The summed E-state index contributed by atoms with van der Waals surface area (Å²) in [6.45, 7) is 7.99. The van der Waals surface area contributed by atoms with E-state index in [1.165, 1.54) is 18.3 Å².